The van der Waals surface area contributed by atoms with E-state index in [1.165, 1.54) is 11.5 Å². The molecule has 1 atom stereocenters. The van der Waals surface area contributed by atoms with Crippen LogP contribution in [0, 0.1) is 0 Å². The lowest BCUT2D eigenvalue weighted by Gasteiger charge is -2.35. The first-order valence-corrected chi connectivity index (χ1v) is 11.9. The van der Waals surface area contributed by atoms with E-state index in [1.54, 1.807) is 17.2 Å². The lowest BCUT2D eigenvalue weighted by atomic mass is 10.1. The number of rotatable bonds is 4. The first-order chi connectivity index (χ1) is 15.7. The maximum Gasteiger partial charge on any atom is 0.410 e. The molecule has 1 amide bonds. The number of ketones is 1. The molecule has 0 spiro atoms. The molecule has 178 valence electrons. The van der Waals surface area contributed by atoms with E-state index in [1.807, 2.05) is 25.7 Å². The third-order valence-electron chi connectivity index (χ3n) is 5.22. The van der Waals surface area contributed by atoms with Crippen molar-refractivity contribution >= 4 is 46.8 Å². The van der Waals surface area contributed by atoms with E-state index in [0.29, 0.717) is 66.6 Å². The lowest BCUT2D eigenvalue weighted by Crippen LogP contribution is -2.50. The van der Waals surface area contributed by atoms with Gasteiger partial charge in [-0.3, -0.25) is 4.79 Å². The third-order valence-corrected chi connectivity index (χ3v) is 6.26. The smallest absolute Gasteiger partial charge is 0.410 e. The van der Waals surface area contributed by atoms with E-state index >= 15 is 0 Å². The van der Waals surface area contributed by atoms with Gasteiger partial charge in [0.05, 0.1) is 11.1 Å². The Bertz CT molecular complexity index is 1020. The molecule has 0 aromatic carbocycles. The van der Waals surface area contributed by atoms with E-state index in [9.17, 15) is 9.59 Å². The number of piperazine rings is 1. The minimum atomic E-state index is -0.519. The average molecular weight is 495 g/mol. The van der Waals surface area contributed by atoms with E-state index in [0.717, 1.165) is 0 Å². The van der Waals surface area contributed by atoms with Crippen molar-refractivity contribution in [2.75, 3.05) is 49.6 Å². The number of Topliss-reactive ketones (excluding diaryl/α,β-unsaturated/α-hetero) is 1. The van der Waals surface area contributed by atoms with Crippen molar-refractivity contribution in [3.63, 3.8) is 0 Å². The number of nitrogens with one attached hydrogen (secondary N) is 1. The molecule has 0 aliphatic carbocycles. The molecule has 2 aliphatic rings. The predicted octanol–water partition coefficient (Wildman–Crippen LogP) is 3.08. The number of carbonyl (C=O) groups is 2. The number of halogens is 1. The highest BCUT2D eigenvalue weighted by molar-refractivity contribution is 7.09. The molecule has 4 heterocycles. The summed E-state index contributed by atoms with van der Waals surface area (Å²) >= 11 is 7.64. The number of carbonyl (C=O) groups excluding carboxylic acids is 2. The van der Waals surface area contributed by atoms with Crippen LogP contribution in [0.25, 0.3) is 10.6 Å². The van der Waals surface area contributed by atoms with Gasteiger partial charge in [-0.15, -0.1) is 0 Å². The highest BCUT2D eigenvalue weighted by atomic mass is 35.5. The number of anilines is 2. The van der Waals surface area contributed by atoms with Crippen LogP contribution in [-0.4, -0.2) is 82.2 Å². The Balaban J connectivity index is 1.41. The molecular formula is C21H27ClN6O4S. The summed E-state index contributed by atoms with van der Waals surface area (Å²) < 4.78 is 15.1. The Morgan fingerprint density at radius 1 is 1.30 bits per heavy atom. The van der Waals surface area contributed by atoms with Gasteiger partial charge in [0.15, 0.2) is 5.78 Å². The molecule has 4 rings (SSSR count). The molecule has 0 bridgehead atoms. The Morgan fingerprint density at radius 2 is 2.06 bits per heavy atom. The Morgan fingerprint density at radius 3 is 2.76 bits per heavy atom. The molecule has 33 heavy (non-hydrogen) atoms. The molecular weight excluding hydrogens is 468 g/mol. The summed E-state index contributed by atoms with van der Waals surface area (Å²) in [5, 5.41) is 4.28. The van der Waals surface area contributed by atoms with Crippen LogP contribution in [0.4, 0.5) is 16.6 Å². The molecule has 10 nitrogen and oxygen atoms in total. The lowest BCUT2D eigenvalue weighted by molar-refractivity contribution is -0.128. The van der Waals surface area contributed by atoms with Crippen molar-refractivity contribution in [3.05, 3.63) is 17.3 Å². The van der Waals surface area contributed by atoms with E-state index < -0.39 is 5.60 Å². The SMILES string of the molecule is CC(C)(C)OC(=O)N1CCN(c2nsc(-c3cc(N[C@@H]4CCOCC4=O)ncc3Cl)n2)CC1. The minimum absolute atomic E-state index is 0.00303. The molecule has 0 saturated carbocycles. The molecule has 2 aromatic rings. The first-order valence-electron chi connectivity index (χ1n) is 10.8. The van der Waals surface area contributed by atoms with E-state index in [2.05, 4.69) is 19.7 Å². The number of hydrogen-bond donors (Lipinski definition) is 1. The molecule has 2 aliphatic heterocycles. The van der Waals surface area contributed by atoms with Crippen molar-refractivity contribution in [1.82, 2.24) is 19.2 Å². The maximum absolute atomic E-state index is 12.3. The summed E-state index contributed by atoms with van der Waals surface area (Å²) in [6.07, 6.45) is 1.83. The quantitative estimate of drug-likeness (QED) is 0.685. The monoisotopic (exact) mass is 494 g/mol. The first kappa shape index (κ1) is 23.7. The molecule has 0 unspecified atom stereocenters. The van der Waals surface area contributed by atoms with Gasteiger partial charge in [0.2, 0.25) is 5.95 Å². The minimum Gasteiger partial charge on any atom is -0.444 e. The zero-order chi connectivity index (χ0) is 23.6. The summed E-state index contributed by atoms with van der Waals surface area (Å²) in [7, 11) is 0. The van der Waals surface area contributed by atoms with Crippen molar-refractivity contribution in [3.8, 4) is 10.6 Å². The zero-order valence-corrected chi connectivity index (χ0v) is 20.4. The van der Waals surface area contributed by atoms with Crippen molar-refractivity contribution < 1.29 is 19.1 Å². The summed E-state index contributed by atoms with van der Waals surface area (Å²) in [5.74, 6) is 1.15. The number of hydrogen-bond acceptors (Lipinski definition) is 10. The number of nitrogens with zero attached hydrogens (tertiary/aromatic N) is 5. The van der Waals surface area contributed by atoms with Crippen LogP contribution in [0.5, 0.6) is 0 Å². The molecule has 12 heteroatoms. The Labute approximate surface area is 201 Å². The van der Waals surface area contributed by atoms with Gasteiger partial charge in [0, 0.05) is 44.5 Å². The maximum atomic E-state index is 12.3. The highest BCUT2D eigenvalue weighted by Gasteiger charge is 2.28. The van der Waals surface area contributed by atoms with Gasteiger partial charge in [0.1, 0.15) is 23.0 Å². The summed E-state index contributed by atoms with van der Waals surface area (Å²) in [6, 6.07) is 1.46. The van der Waals surface area contributed by atoms with Gasteiger partial charge in [-0.25, -0.2) is 9.78 Å². The summed E-state index contributed by atoms with van der Waals surface area (Å²) in [6.45, 7) is 8.50. The normalized spacial score (nSPS) is 19.5. The predicted molar refractivity (Wildman–Crippen MR) is 126 cm³/mol. The Hall–Kier alpha value is -2.50. The number of amides is 1. The van der Waals surface area contributed by atoms with Gasteiger partial charge in [-0.05, 0) is 44.8 Å². The van der Waals surface area contributed by atoms with Crippen LogP contribution in [0.2, 0.25) is 5.02 Å². The standard InChI is InChI=1S/C21H27ClN6O4S/c1-21(2,3)32-20(30)28-7-5-27(6-8-28)19-25-18(33-26-19)13-10-17(23-11-14(13)22)24-15-4-9-31-12-16(15)29/h10-11,15H,4-9,12H2,1-3H3,(H,23,24)/t15-/m1/s1. The number of aromatic nitrogens is 3. The van der Waals surface area contributed by atoms with Crippen LogP contribution >= 0.6 is 23.1 Å². The van der Waals surface area contributed by atoms with Crippen molar-refractivity contribution in [2.45, 2.75) is 38.8 Å². The highest BCUT2D eigenvalue weighted by Crippen LogP contribution is 2.32. The second-order valence-electron chi connectivity index (χ2n) is 8.91. The molecule has 0 radical (unpaired) electrons. The van der Waals surface area contributed by atoms with Crippen molar-refractivity contribution in [2.24, 2.45) is 0 Å². The van der Waals surface area contributed by atoms with Crippen LogP contribution in [0.15, 0.2) is 12.3 Å². The van der Waals surface area contributed by atoms with Gasteiger partial charge in [0.25, 0.3) is 0 Å². The number of ether oxygens (including phenoxy) is 2. The fourth-order valence-corrected chi connectivity index (χ4v) is 4.48. The molecule has 2 aromatic heterocycles. The molecule has 2 fully saturated rings. The van der Waals surface area contributed by atoms with Crippen molar-refractivity contribution in [1.29, 1.82) is 0 Å². The van der Waals surface area contributed by atoms with Crippen LogP contribution in [0.3, 0.4) is 0 Å². The average Bonchev–Trinajstić information content (AvgIpc) is 3.25. The molecule has 2 saturated heterocycles. The largest absolute Gasteiger partial charge is 0.444 e. The number of pyridine rings is 1. The van der Waals surface area contributed by atoms with Gasteiger partial charge >= 0.3 is 6.09 Å². The van der Waals surface area contributed by atoms with E-state index in [4.69, 9.17) is 21.1 Å². The van der Waals surface area contributed by atoms with Crippen LogP contribution in [0.1, 0.15) is 27.2 Å². The third kappa shape index (κ3) is 5.90. The topological polar surface area (TPSA) is 110 Å². The fraction of sp³-hybridized carbons (Fsp3) is 0.571. The van der Waals surface area contributed by atoms with E-state index in [-0.39, 0.29) is 24.5 Å². The zero-order valence-electron chi connectivity index (χ0n) is 18.8. The van der Waals surface area contributed by atoms with Crippen LogP contribution in [-0.2, 0) is 14.3 Å². The summed E-state index contributed by atoms with van der Waals surface area (Å²) in [5.41, 5.74) is 0.180. The second-order valence-corrected chi connectivity index (χ2v) is 10.1. The second kappa shape index (κ2) is 9.78. The van der Waals surface area contributed by atoms with Gasteiger partial charge < -0.3 is 24.6 Å². The summed E-state index contributed by atoms with van der Waals surface area (Å²) in [4.78, 5) is 37.0. The van der Waals surface area contributed by atoms with Crippen LogP contribution < -0.4 is 10.2 Å². The fourth-order valence-electron chi connectivity index (χ4n) is 3.52. The Kier molecular flexibility index (Phi) is 7.01. The van der Waals surface area contributed by atoms with Gasteiger partial charge in [-0.1, -0.05) is 11.6 Å². The van der Waals surface area contributed by atoms with Gasteiger partial charge in [-0.2, -0.15) is 9.36 Å². The molecule has 1 N–H and O–H groups in total.